The zero-order valence-electron chi connectivity index (χ0n) is 17.0. The van der Waals surface area contributed by atoms with Gasteiger partial charge in [-0.3, -0.25) is 4.79 Å². The Kier molecular flexibility index (Phi) is 4.93. The fourth-order valence-corrected chi connectivity index (χ4v) is 4.16. The molecular weight excluding hydrogens is 414 g/mol. The number of hydrogen-bond acceptors (Lipinski definition) is 4. The number of aromatic nitrogens is 1. The molecule has 6 heteroatoms. The number of ketones is 1. The monoisotopic (exact) mass is 433 g/mol. The number of methoxy groups -OCH3 is 2. The molecule has 0 aliphatic carbocycles. The molecule has 2 heterocycles. The van der Waals surface area contributed by atoms with Crippen molar-refractivity contribution in [3.63, 3.8) is 0 Å². The molecule has 0 spiro atoms. The molecule has 5 rings (SSSR count). The maximum Gasteiger partial charge on any atom is 0.200 e. The van der Waals surface area contributed by atoms with Gasteiger partial charge in [0.15, 0.2) is 11.9 Å². The highest BCUT2D eigenvalue weighted by Gasteiger charge is 2.47. The minimum atomic E-state index is -0.574. The largest absolute Gasteiger partial charge is 0.496 e. The van der Waals surface area contributed by atoms with Crippen molar-refractivity contribution < 1.29 is 19.0 Å². The second-order valence-corrected chi connectivity index (χ2v) is 7.80. The van der Waals surface area contributed by atoms with Crippen molar-refractivity contribution in [2.24, 2.45) is 0 Å². The van der Waals surface area contributed by atoms with Crippen LogP contribution in [-0.2, 0) is 4.74 Å². The summed E-state index contributed by atoms with van der Waals surface area (Å²) in [4.78, 5) is 16.8. The Morgan fingerprint density at radius 3 is 2.39 bits per heavy atom. The van der Waals surface area contributed by atoms with Crippen LogP contribution in [0, 0.1) is 0 Å². The number of nitrogens with one attached hydrogen (secondary N) is 1. The summed E-state index contributed by atoms with van der Waals surface area (Å²) >= 11 is 5.98. The smallest absolute Gasteiger partial charge is 0.200 e. The summed E-state index contributed by atoms with van der Waals surface area (Å²) in [7, 11) is 3.15. The van der Waals surface area contributed by atoms with Crippen LogP contribution in [0.4, 0.5) is 0 Å². The molecule has 1 aromatic heterocycles. The van der Waals surface area contributed by atoms with Gasteiger partial charge in [-0.25, -0.2) is 0 Å². The first kappa shape index (κ1) is 19.7. The van der Waals surface area contributed by atoms with E-state index in [0.29, 0.717) is 27.6 Å². The maximum atomic E-state index is 13.5. The van der Waals surface area contributed by atoms with Crippen LogP contribution in [0.5, 0.6) is 11.5 Å². The highest BCUT2D eigenvalue weighted by Crippen LogP contribution is 2.46. The predicted octanol–water partition coefficient (Wildman–Crippen LogP) is 5.83. The van der Waals surface area contributed by atoms with Gasteiger partial charge in [0.05, 0.1) is 30.7 Å². The van der Waals surface area contributed by atoms with Crippen molar-refractivity contribution in [1.29, 1.82) is 0 Å². The summed E-state index contributed by atoms with van der Waals surface area (Å²) in [5.41, 5.74) is 4.03. The van der Waals surface area contributed by atoms with Gasteiger partial charge in [0.25, 0.3) is 0 Å². The molecule has 5 nitrogen and oxygen atoms in total. The van der Waals surface area contributed by atoms with Crippen molar-refractivity contribution in [3.05, 3.63) is 83.0 Å². The average molecular weight is 434 g/mol. The molecule has 0 saturated carbocycles. The Labute approximate surface area is 184 Å². The Hall–Kier alpha value is -3.28. The van der Waals surface area contributed by atoms with Gasteiger partial charge in [-0.05, 0) is 23.3 Å². The van der Waals surface area contributed by atoms with E-state index in [1.54, 1.807) is 32.4 Å². The van der Waals surface area contributed by atoms with Gasteiger partial charge in [0.2, 0.25) is 0 Å². The van der Waals surface area contributed by atoms with E-state index in [1.165, 1.54) is 0 Å². The number of hydrogen-bond donors (Lipinski definition) is 1. The molecule has 4 aromatic rings. The van der Waals surface area contributed by atoms with E-state index in [0.717, 1.165) is 22.1 Å². The Balaban J connectivity index is 1.61. The van der Waals surface area contributed by atoms with Gasteiger partial charge in [-0.15, -0.1) is 0 Å². The lowest BCUT2D eigenvalue weighted by Gasteiger charge is -2.13. The number of Topliss-reactive ketones (excluding diaryl/α,β-unsaturated/α-hetero) is 1. The lowest BCUT2D eigenvalue weighted by Crippen LogP contribution is -2.11. The second kappa shape index (κ2) is 7.76. The molecule has 0 amide bonds. The Morgan fingerprint density at radius 2 is 1.71 bits per heavy atom. The second-order valence-electron chi connectivity index (χ2n) is 7.37. The van der Waals surface area contributed by atoms with Crippen molar-refractivity contribution in [2.75, 3.05) is 14.2 Å². The van der Waals surface area contributed by atoms with Crippen LogP contribution in [0.3, 0.4) is 0 Å². The number of carbonyl (C=O) groups is 1. The van der Waals surface area contributed by atoms with E-state index in [4.69, 9.17) is 25.8 Å². The molecule has 156 valence electrons. The fourth-order valence-electron chi connectivity index (χ4n) is 4.03. The van der Waals surface area contributed by atoms with Gasteiger partial charge in [0.1, 0.15) is 17.6 Å². The van der Waals surface area contributed by atoms with Crippen molar-refractivity contribution in [2.45, 2.75) is 12.2 Å². The van der Waals surface area contributed by atoms with Gasteiger partial charge in [0, 0.05) is 22.8 Å². The number of fused-ring (bicyclic) bond motifs is 1. The van der Waals surface area contributed by atoms with E-state index >= 15 is 0 Å². The van der Waals surface area contributed by atoms with Gasteiger partial charge in [-0.2, -0.15) is 0 Å². The summed E-state index contributed by atoms with van der Waals surface area (Å²) < 4.78 is 17.0. The summed E-state index contributed by atoms with van der Waals surface area (Å²) in [6.45, 7) is 0. The molecule has 1 fully saturated rings. The standard InChI is InChI=1S/C25H20ClNO4/c1-29-18-12-19(30-2)21(22-20(18)17(13-27-22)14-6-4-3-5-7-14)23(28)25-24(31-25)15-8-10-16(26)11-9-15/h3-13,24-25,27H,1-2H3/t24-,25+/m0/s1. The molecule has 31 heavy (non-hydrogen) atoms. The zero-order chi connectivity index (χ0) is 21.5. The minimum absolute atomic E-state index is 0.133. The molecule has 0 unspecified atom stereocenters. The van der Waals surface area contributed by atoms with Crippen LogP contribution < -0.4 is 9.47 Å². The topological polar surface area (TPSA) is 63.9 Å². The molecule has 1 aliphatic rings. The molecule has 1 N–H and O–H groups in total. The van der Waals surface area contributed by atoms with Crippen molar-refractivity contribution in [3.8, 4) is 22.6 Å². The van der Waals surface area contributed by atoms with E-state index in [-0.39, 0.29) is 11.9 Å². The van der Waals surface area contributed by atoms with Crippen LogP contribution in [0.2, 0.25) is 5.02 Å². The summed E-state index contributed by atoms with van der Waals surface area (Å²) in [5, 5.41) is 1.48. The number of halogens is 1. The lowest BCUT2D eigenvalue weighted by atomic mass is 9.97. The highest BCUT2D eigenvalue weighted by atomic mass is 35.5. The van der Waals surface area contributed by atoms with Crippen molar-refractivity contribution >= 4 is 28.3 Å². The van der Waals surface area contributed by atoms with Crippen LogP contribution in [-0.4, -0.2) is 31.1 Å². The number of rotatable bonds is 6. The SMILES string of the molecule is COc1cc(OC)c2c(-c3ccccc3)c[nH]c2c1C(=O)[C@H]1O[C@H]1c1ccc(Cl)cc1. The van der Waals surface area contributed by atoms with Crippen molar-refractivity contribution in [1.82, 2.24) is 4.98 Å². The van der Waals surface area contributed by atoms with Gasteiger partial charge >= 0.3 is 0 Å². The van der Waals surface area contributed by atoms with E-state index < -0.39 is 6.10 Å². The third-order valence-electron chi connectivity index (χ3n) is 5.60. The first-order valence-electron chi connectivity index (χ1n) is 9.89. The van der Waals surface area contributed by atoms with E-state index in [2.05, 4.69) is 4.98 Å². The molecule has 1 saturated heterocycles. The summed E-state index contributed by atoms with van der Waals surface area (Å²) in [5.74, 6) is 0.946. The quantitative estimate of drug-likeness (QED) is 0.307. The Morgan fingerprint density at radius 1 is 1.00 bits per heavy atom. The average Bonchev–Trinajstić information content (AvgIpc) is 3.49. The molecule has 3 aromatic carbocycles. The number of aromatic amines is 1. The number of epoxide rings is 1. The van der Waals surface area contributed by atoms with Crippen LogP contribution in [0.15, 0.2) is 66.9 Å². The third kappa shape index (κ3) is 3.36. The number of carbonyl (C=O) groups excluding carboxylic acids is 1. The third-order valence-corrected chi connectivity index (χ3v) is 5.86. The molecular formula is C25H20ClNO4. The summed E-state index contributed by atoms with van der Waals surface area (Å²) in [6.07, 6.45) is 1.02. The fraction of sp³-hybridized carbons (Fsp3) is 0.160. The normalized spacial score (nSPS) is 17.5. The molecule has 1 aliphatic heterocycles. The first-order chi connectivity index (χ1) is 15.1. The lowest BCUT2D eigenvalue weighted by molar-refractivity contribution is 0.0952. The molecule has 2 atom stereocenters. The maximum absolute atomic E-state index is 13.5. The minimum Gasteiger partial charge on any atom is -0.496 e. The zero-order valence-corrected chi connectivity index (χ0v) is 17.8. The Bertz CT molecular complexity index is 1260. The number of benzene rings is 3. The number of ether oxygens (including phenoxy) is 3. The summed E-state index contributed by atoms with van der Waals surface area (Å²) in [6, 6.07) is 19.1. The highest BCUT2D eigenvalue weighted by molar-refractivity contribution is 6.30. The van der Waals surface area contributed by atoms with Crippen LogP contribution in [0.1, 0.15) is 22.0 Å². The predicted molar refractivity (Wildman–Crippen MR) is 120 cm³/mol. The number of H-pyrrole nitrogens is 1. The molecule has 0 bridgehead atoms. The van der Waals surface area contributed by atoms with Crippen LogP contribution >= 0.6 is 11.6 Å². The first-order valence-corrected chi connectivity index (χ1v) is 10.3. The van der Waals surface area contributed by atoms with Gasteiger partial charge in [-0.1, -0.05) is 54.1 Å². The molecule has 0 radical (unpaired) electrons. The van der Waals surface area contributed by atoms with Crippen LogP contribution in [0.25, 0.3) is 22.0 Å². The van der Waals surface area contributed by atoms with Gasteiger partial charge < -0.3 is 19.2 Å². The van der Waals surface area contributed by atoms with E-state index in [1.807, 2.05) is 48.7 Å². The van der Waals surface area contributed by atoms with E-state index in [9.17, 15) is 4.79 Å².